The molecule has 6 nitrogen and oxygen atoms in total. The number of carbonyl (C=O) groups excluding carboxylic acids is 1. The van der Waals surface area contributed by atoms with Crippen molar-refractivity contribution in [2.75, 3.05) is 7.11 Å². The average molecular weight is 207 g/mol. The molecule has 6 heteroatoms. The SMILES string of the molecule is COC(=O)[C@H](N)c1nccc2ncoc12. The Balaban J connectivity index is 2.51. The van der Waals surface area contributed by atoms with Crippen LogP contribution in [-0.2, 0) is 9.53 Å². The van der Waals surface area contributed by atoms with E-state index in [4.69, 9.17) is 10.2 Å². The van der Waals surface area contributed by atoms with Crippen molar-refractivity contribution in [3.8, 4) is 0 Å². The fourth-order valence-corrected chi connectivity index (χ4v) is 1.27. The van der Waals surface area contributed by atoms with Crippen LogP contribution in [0, 0.1) is 0 Å². The van der Waals surface area contributed by atoms with Crippen LogP contribution in [0.1, 0.15) is 11.7 Å². The van der Waals surface area contributed by atoms with Crippen LogP contribution in [0.3, 0.4) is 0 Å². The van der Waals surface area contributed by atoms with Crippen LogP contribution < -0.4 is 5.73 Å². The van der Waals surface area contributed by atoms with Gasteiger partial charge in [-0.05, 0) is 6.07 Å². The predicted octanol–water partition coefficient (Wildman–Crippen LogP) is 0.396. The highest BCUT2D eigenvalue weighted by Gasteiger charge is 2.22. The van der Waals surface area contributed by atoms with Gasteiger partial charge in [0.2, 0.25) is 0 Å². The summed E-state index contributed by atoms with van der Waals surface area (Å²) in [5.41, 5.74) is 7.00. The van der Waals surface area contributed by atoms with Crippen molar-refractivity contribution in [1.29, 1.82) is 0 Å². The summed E-state index contributed by atoms with van der Waals surface area (Å²) in [5.74, 6) is -0.564. The lowest BCUT2D eigenvalue weighted by molar-refractivity contribution is -0.142. The van der Waals surface area contributed by atoms with Gasteiger partial charge in [-0.25, -0.2) is 9.78 Å². The minimum absolute atomic E-state index is 0.330. The van der Waals surface area contributed by atoms with Crippen LogP contribution >= 0.6 is 0 Å². The molecule has 0 radical (unpaired) electrons. The first-order chi connectivity index (χ1) is 7.24. The van der Waals surface area contributed by atoms with E-state index in [0.717, 1.165) is 0 Å². The third kappa shape index (κ3) is 1.55. The first kappa shape index (κ1) is 9.60. The molecule has 2 heterocycles. The van der Waals surface area contributed by atoms with E-state index in [0.29, 0.717) is 16.8 Å². The Labute approximate surface area is 85.1 Å². The van der Waals surface area contributed by atoms with Gasteiger partial charge in [0.15, 0.2) is 12.0 Å². The lowest BCUT2D eigenvalue weighted by Gasteiger charge is -2.07. The third-order valence-corrected chi connectivity index (χ3v) is 2.02. The van der Waals surface area contributed by atoms with Gasteiger partial charge in [0.25, 0.3) is 0 Å². The number of hydrogen-bond donors (Lipinski definition) is 1. The zero-order valence-electron chi connectivity index (χ0n) is 8.01. The number of esters is 1. The number of nitrogens with zero attached hydrogens (tertiary/aromatic N) is 2. The monoisotopic (exact) mass is 207 g/mol. The number of nitrogens with two attached hydrogens (primary N) is 1. The molecular weight excluding hydrogens is 198 g/mol. The maximum absolute atomic E-state index is 11.2. The molecule has 1 atom stereocenters. The molecule has 0 aliphatic heterocycles. The number of methoxy groups -OCH3 is 1. The Bertz CT molecular complexity index is 494. The Kier molecular flexibility index (Phi) is 2.34. The van der Waals surface area contributed by atoms with E-state index in [1.54, 1.807) is 6.07 Å². The molecule has 2 rings (SSSR count). The van der Waals surface area contributed by atoms with Gasteiger partial charge in [-0.1, -0.05) is 0 Å². The quantitative estimate of drug-likeness (QED) is 0.716. The highest BCUT2D eigenvalue weighted by Crippen LogP contribution is 2.20. The summed E-state index contributed by atoms with van der Waals surface area (Å²) < 4.78 is 9.63. The average Bonchev–Trinajstić information content (AvgIpc) is 2.74. The largest absolute Gasteiger partial charge is 0.468 e. The van der Waals surface area contributed by atoms with Crippen LogP contribution in [-0.4, -0.2) is 23.0 Å². The van der Waals surface area contributed by atoms with Crippen molar-refractivity contribution in [2.45, 2.75) is 6.04 Å². The molecular formula is C9H9N3O3. The summed E-state index contributed by atoms with van der Waals surface area (Å²) in [7, 11) is 1.27. The van der Waals surface area contributed by atoms with Gasteiger partial charge in [0.1, 0.15) is 17.3 Å². The molecule has 0 aliphatic carbocycles. The van der Waals surface area contributed by atoms with E-state index in [9.17, 15) is 4.79 Å². The van der Waals surface area contributed by atoms with Gasteiger partial charge in [-0.15, -0.1) is 0 Å². The molecule has 0 bridgehead atoms. The molecule has 15 heavy (non-hydrogen) atoms. The fourth-order valence-electron chi connectivity index (χ4n) is 1.27. The van der Waals surface area contributed by atoms with Gasteiger partial charge >= 0.3 is 5.97 Å². The maximum atomic E-state index is 11.2. The summed E-state index contributed by atoms with van der Waals surface area (Å²) in [6.45, 7) is 0. The second-order valence-electron chi connectivity index (χ2n) is 2.90. The molecule has 78 valence electrons. The molecule has 2 aromatic heterocycles. The van der Waals surface area contributed by atoms with Crippen LogP contribution in [0.4, 0.5) is 0 Å². The molecule has 0 aromatic carbocycles. The molecule has 0 saturated heterocycles. The number of pyridine rings is 1. The van der Waals surface area contributed by atoms with E-state index in [-0.39, 0.29) is 0 Å². The molecule has 0 fully saturated rings. The zero-order chi connectivity index (χ0) is 10.8. The van der Waals surface area contributed by atoms with Crippen LogP contribution in [0.15, 0.2) is 23.1 Å². The number of fused-ring (bicyclic) bond motifs is 1. The van der Waals surface area contributed by atoms with E-state index < -0.39 is 12.0 Å². The van der Waals surface area contributed by atoms with Crippen molar-refractivity contribution in [3.63, 3.8) is 0 Å². The van der Waals surface area contributed by atoms with Crippen molar-refractivity contribution in [3.05, 3.63) is 24.4 Å². The summed E-state index contributed by atoms with van der Waals surface area (Å²) >= 11 is 0. The van der Waals surface area contributed by atoms with Gasteiger partial charge in [-0.3, -0.25) is 4.98 Å². The number of ether oxygens (including phenoxy) is 1. The Hall–Kier alpha value is -1.95. The molecule has 2 N–H and O–H groups in total. The van der Waals surface area contributed by atoms with Gasteiger partial charge in [0, 0.05) is 6.20 Å². The van der Waals surface area contributed by atoms with Gasteiger partial charge in [-0.2, -0.15) is 0 Å². The zero-order valence-corrected chi connectivity index (χ0v) is 8.01. The third-order valence-electron chi connectivity index (χ3n) is 2.02. The van der Waals surface area contributed by atoms with Crippen molar-refractivity contribution in [1.82, 2.24) is 9.97 Å². The highest BCUT2D eigenvalue weighted by atomic mass is 16.5. The smallest absolute Gasteiger partial charge is 0.329 e. The molecule has 0 amide bonds. The standard InChI is InChI=1S/C9H9N3O3/c1-14-9(13)6(10)7-8-5(2-3-11-7)12-4-15-8/h2-4,6H,10H2,1H3/t6-/m1/s1. The molecule has 0 unspecified atom stereocenters. The summed E-state index contributed by atoms with van der Waals surface area (Å²) in [4.78, 5) is 19.1. The number of aromatic nitrogens is 2. The fraction of sp³-hybridized carbons (Fsp3) is 0.222. The minimum Gasteiger partial charge on any atom is -0.468 e. The number of rotatable bonds is 2. The minimum atomic E-state index is -0.952. The molecule has 0 aliphatic rings. The number of carbonyl (C=O) groups is 1. The maximum Gasteiger partial charge on any atom is 0.329 e. The van der Waals surface area contributed by atoms with Gasteiger partial charge < -0.3 is 14.9 Å². The normalized spacial score (nSPS) is 12.7. The Morgan fingerprint density at radius 2 is 2.40 bits per heavy atom. The van der Waals surface area contributed by atoms with E-state index in [1.807, 2.05) is 0 Å². The lowest BCUT2D eigenvalue weighted by atomic mass is 10.2. The van der Waals surface area contributed by atoms with Gasteiger partial charge in [0.05, 0.1) is 7.11 Å². The predicted molar refractivity (Wildman–Crippen MR) is 50.7 cm³/mol. The van der Waals surface area contributed by atoms with E-state index in [1.165, 1.54) is 19.7 Å². The van der Waals surface area contributed by atoms with Crippen molar-refractivity contribution in [2.24, 2.45) is 5.73 Å². The summed E-state index contributed by atoms with van der Waals surface area (Å²) in [6, 6.07) is 0.721. The number of hydrogen-bond acceptors (Lipinski definition) is 6. The Morgan fingerprint density at radius 1 is 1.60 bits per heavy atom. The highest BCUT2D eigenvalue weighted by molar-refractivity contribution is 5.83. The summed E-state index contributed by atoms with van der Waals surface area (Å²) in [6.07, 6.45) is 2.79. The molecule has 2 aromatic rings. The van der Waals surface area contributed by atoms with E-state index >= 15 is 0 Å². The second kappa shape index (κ2) is 3.66. The van der Waals surface area contributed by atoms with E-state index in [2.05, 4.69) is 14.7 Å². The molecule has 0 spiro atoms. The first-order valence-electron chi connectivity index (χ1n) is 4.25. The Morgan fingerprint density at radius 3 is 3.13 bits per heavy atom. The summed E-state index contributed by atoms with van der Waals surface area (Å²) in [5, 5.41) is 0. The van der Waals surface area contributed by atoms with Crippen LogP contribution in [0.5, 0.6) is 0 Å². The lowest BCUT2D eigenvalue weighted by Crippen LogP contribution is -2.23. The van der Waals surface area contributed by atoms with Crippen LogP contribution in [0.2, 0.25) is 0 Å². The molecule has 0 saturated carbocycles. The second-order valence-corrected chi connectivity index (χ2v) is 2.90. The van der Waals surface area contributed by atoms with Crippen molar-refractivity contribution < 1.29 is 13.9 Å². The topological polar surface area (TPSA) is 91.2 Å². The first-order valence-corrected chi connectivity index (χ1v) is 4.25. The number of oxazole rings is 1. The van der Waals surface area contributed by atoms with Crippen molar-refractivity contribution >= 4 is 17.1 Å². The van der Waals surface area contributed by atoms with Crippen LogP contribution in [0.25, 0.3) is 11.1 Å².